The number of aryl methyl sites for hydroxylation is 2. The summed E-state index contributed by atoms with van der Waals surface area (Å²) >= 11 is 14.3. The topological polar surface area (TPSA) is 53.1 Å². The lowest BCUT2D eigenvalue weighted by atomic mass is 10.2. The minimum Gasteiger partial charge on any atom is -0.437 e. The van der Waals surface area contributed by atoms with Gasteiger partial charge in [0.2, 0.25) is 5.88 Å². The van der Waals surface area contributed by atoms with Crippen LogP contribution in [-0.2, 0) is 7.05 Å². The predicted molar refractivity (Wildman–Crippen MR) is 83.1 cm³/mol. The van der Waals surface area contributed by atoms with Crippen molar-refractivity contribution in [3.8, 4) is 11.6 Å². The van der Waals surface area contributed by atoms with Gasteiger partial charge in [-0.1, -0.05) is 23.8 Å². The molecule has 1 aromatic carbocycles. The first kappa shape index (κ1) is 14.3. The number of nitrogens with zero attached hydrogens (tertiary/aromatic N) is 2. The van der Waals surface area contributed by atoms with Crippen molar-refractivity contribution < 1.29 is 4.74 Å². The van der Waals surface area contributed by atoms with Crippen LogP contribution in [0.2, 0.25) is 5.02 Å². The highest BCUT2D eigenvalue weighted by atomic mass is 79.9. The Hall–Kier alpha value is -1.11. The van der Waals surface area contributed by atoms with E-state index in [9.17, 15) is 0 Å². The van der Waals surface area contributed by atoms with E-state index < -0.39 is 0 Å². The highest BCUT2D eigenvalue weighted by Crippen LogP contribution is 2.33. The first-order valence-corrected chi connectivity index (χ1v) is 6.94. The van der Waals surface area contributed by atoms with E-state index in [1.165, 1.54) is 0 Å². The van der Waals surface area contributed by atoms with Crippen molar-refractivity contribution in [3.63, 3.8) is 0 Å². The van der Waals surface area contributed by atoms with Crippen LogP contribution in [0.3, 0.4) is 0 Å². The van der Waals surface area contributed by atoms with E-state index in [2.05, 4.69) is 21.0 Å². The molecule has 2 aromatic rings. The van der Waals surface area contributed by atoms with Gasteiger partial charge in [-0.2, -0.15) is 5.10 Å². The summed E-state index contributed by atoms with van der Waals surface area (Å²) in [5.41, 5.74) is 7.08. The number of ether oxygens (including phenoxy) is 1. The van der Waals surface area contributed by atoms with E-state index in [1.807, 2.05) is 6.92 Å². The molecule has 0 saturated heterocycles. The van der Waals surface area contributed by atoms with E-state index in [1.54, 1.807) is 29.9 Å². The Morgan fingerprint density at radius 1 is 1.53 bits per heavy atom. The van der Waals surface area contributed by atoms with Gasteiger partial charge >= 0.3 is 0 Å². The van der Waals surface area contributed by atoms with Crippen LogP contribution in [0.15, 0.2) is 22.7 Å². The average Bonchev–Trinajstić information content (AvgIpc) is 2.57. The number of hydrogen-bond acceptors (Lipinski definition) is 3. The Morgan fingerprint density at radius 2 is 2.21 bits per heavy atom. The molecule has 100 valence electrons. The van der Waals surface area contributed by atoms with Crippen LogP contribution < -0.4 is 10.5 Å². The Balaban J connectivity index is 2.46. The second kappa shape index (κ2) is 5.48. The van der Waals surface area contributed by atoms with Gasteiger partial charge in [-0.25, -0.2) is 4.68 Å². The second-order valence-electron chi connectivity index (χ2n) is 3.93. The molecule has 0 aliphatic carbocycles. The summed E-state index contributed by atoms with van der Waals surface area (Å²) in [6, 6.07) is 5.25. The molecule has 0 aliphatic rings. The smallest absolute Gasteiger partial charge is 0.228 e. The van der Waals surface area contributed by atoms with Crippen LogP contribution in [0.25, 0.3) is 0 Å². The summed E-state index contributed by atoms with van der Waals surface area (Å²) in [7, 11) is 1.77. The molecule has 4 nitrogen and oxygen atoms in total. The van der Waals surface area contributed by atoms with Crippen molar-refractivity contribution in [2.24, 2.45) is 12.8 Å². The van der Waals surface area contributed by atoms with Crippen molar-refractivity contribution in [2.45, 2.75) is 6.92 Å². The van der Waals surface area contributed by atoms with Crippen molar-refractivity contribution in [3.05, 3.63) is 39.0 Å². The molecular formula is C12H11BrClN3OS. The molecule has 0 aliphatic heterocycles. The summed E-state index contributed by atoms with van der Waals surface area (Å²) in [5, 5.41) is 4.88. The van der Waals surface area contributed by atoms with Crippen LogP contribution in [0.1, 0.15) is 11.3 Å². The van der Waals surface area contributed by atoms with E-state index in [0.717, 1.165) is 10.2 Å². The van der Waals surface area contributed by atoms with Gasteiger partial charge in [0.25, 0.3) is 0 Å². The fourth-order valence-electron chi connectivity index (χ4n) is 1.70. The average molecular weight is 361 g/mol. The Labute approximate surface area is 129 Å². The molecule has 7 heteroatoms. The first-order valence-electron chi connectivity index (χ1n) is 5.36. The highest BCUT2D eigenvalue weighted by Gasteiger charge is 2.18. The minimum absolute atomic E-state index is 0.255. The zero-order valence-corrected chi connectivity index (χ0v) is 13.4. The number of benzene rings is 1. The van der Waals surface area contributed by atoms with Crippen molar-refractivity contribution >= 4 is 44.7 Å². The number of hydrogen-bond donors (Lipinski definition) is 1. The molecule has 1 heterocycles. The Kier molecular flexibility index (Phi) is 4.13. The molecule has 0 saturated carbocycles. The largest absolute Gasteiger partial charge is 0.437 e. The molecule has 2 N–H and O–H groups in total. The monoisotopic (exact) mass is 359 g/mol. The summed E-state index contributed by atoms with van der Waals surface area (Å²) in [5.74, 6) is 1.12. The molecule has 0 unspecified atom stereocenters. The quantitative estimate of drug-likeness (QED) is 0.850. The van der Waals surface area contributed by atoms with Gasteiger partial charge in [-0.15, -0.1) is 0 Å². The predicted octanol–water partition coefficient (Wildman–Crippen LogP) is 3.57. The third-order valence-corrected chi connectivity index (χ3v) is 3.58. The van der Waals surface area contributed by atoms with Crippen LogP contribution in [0.4, 0.5) is 0 Å². The third kappa shape index (κ3) is 2.91. The maximum Gasteiger partial charge on any atom is 0.228 e. The molecule has 0 radical (unpaired) electrons. The minimum atomic E-state index is 0.255. The van der Waals surface area contributed by atoms with E-state index in [0.29, 0.717) is 22.2 Å². The molecule has 0 bridgehead atoms. The molecule has 0 spiro atoms. The van der Waals surface area contributed by atoms with Crippen LogP contribution >= 0.6 is 39.7 Å². The zero-order chi connectivity index (χ0) is 14.2. The third-order valence-electron chi connectivity index (χ3n) is 2.52. The van der Waals surface area contributed by atoms with Crippen LogP contribution in [0, 0.1) is 6.92 Å². The number of aromatic nitrogens is 2. The van der Waals surface area contributed by atoms with Gasteiger partial charge in [0.05, 0.1) is 15.7 Å². The SMILES string of the molecule is Cc1nn(C)c(Oc2ccc(Cl)cc2Br)c1C(N)=S. The fourth-order valence-corrected chi connectivity index (χ4v) is 2.70. The molecule has 1 aromatic heterocycles. The second-order valence-corrected chi connectivity index (χ2v) is 5.66. The highest BCUT2D eigenvalue weighted by molar-refractivity contribution is 9.10. The van der Waals surface area contributed by atoms with Crippen LogP contribution in [0.5, 0.6) is 11.6 Å². The van der Waals surface area contributed by atoms with Gasteiger partial charge in [-0.05, 0) is 41.1 Å². The number of thiocarbonyl (C=S) groups is 1. The normalized spacial score (nSPS) is 10.5. The Morgan fingerprint density at radius 3 is 2.79 bits per heavy atom. The molecular weight excluding hydrogens is 350 g/mol. The number of halogens is 2. The number of nitrogens with two attached hydrogens (primary N) is 1. The van der Waals surface area contributed by atoms with Gasteiger partial charge in [0, 0.05) is 12.1 Å². The van der Waals surface area contributed by atoms with Crippen LogP contribution in [-0.4, -0.2) is 14.8 Å². The summed E-state index contributed by atoms with van der Waals surface area (Å²) in [6.07, 6.45) is 0. The zero-order valence-electron chi connectivity index (χ0n) is 10.3. The summed E-state index contributed by atoms with van der Waals surface area (Å²) in [6.45, 7) is 1.83. The van der Waals surface area contributed by atoms with E-state index in [4.69, 9.17) is 34.3 Å². The van der Waals surface area contributed by atoms with Gasteiger partial charge < -0.3 is 10.5 Å². The first-order chi connectivity index (χ1) is 8.90. The molecule has 0 amide bonds. The van der Waals surface area contributed by atoms with Crippen molar-refractivity contribution in [2.75, 3.05) is 0 Å². The fraction of sp³-hybridized carbons (Fsp3) is 0.167. The van der Waals surface area contributed by atoms with E-state index in [-0.39, 0.29) is 4.99 Å². The lowest BCUT2D eigenvalue weighted by Crippen LogP contribution is -2.11. The molecule has 2 rings (SSSR count). The molecule has 0 fully saturated rings. The Bertz CT molecular complexity index is 657. The maximum absolute atomic E-state index is 5.89. The van der Waals surface area contributed by atoms with Gasteiger partial charge in [0.1, 0.15) is 10.7 Å². The van der Waals surface area contributed by atoms with Crippen molar-refractivity contribution in [1.82, 2.24) is 9.78 Å². The maximum atomic E-state index is 5.89. The standard InChI is InChI=1S/C12H11BrClN3OS/c1-6-10(11(15)19)12(17(2)16-6)18-9-4-3-7(14)5-8(9)13/h3-5H,1-2H3,(H2,15,19). The molecule has 0 atom stereocenters. The van der Waals surface area contributed by atoms with Gasteiger partial charge in [-0.3, -0.25) is 0 Å². The molecule has 19 heavy (non-hydrogen) atoms. The van der Waals surface area contributed by atoms with Crippen molar-refractivity contribution in [1.29, 1.82) is 0 Å². The number of rotatable bonds is 3. The van der Waals surface area contributed by atoms with E-state index >= 15 is 0 Å². The lowest BCUT2D eigenvalue weighted by Gasteiger charge is -2.10. The summed E-state index contributed by atoms with van der Waals surface area (Å²) in [4.78, 5) is 0.255. The van der Waals surface area contributed by atoms with Gasteiger partial charge in [0.15, 0.2) is 0 Å². The summed E-state index contributed by atoms with van der Waals surface area (Å²) < 4.78 is 8.18. The lowest BCUT2D eigenvalue weighted by molar-refractivity contribution is 0.427.